The lowest BCUT2D eigenvalue weighted by Crippen LogP contribution is -2.03. The van der Waals surface area contributed by atoms with Crippen LogP contribution in [0.4, 0.5) is 4.39 Å². The van der Waals surface area contributed by atoms with Gasteiger partial charge in [-0.1, -0.05) is 59.6 Å². The number of nitrogens with zero attached hydrogens (tertiary/aromatic N) is 1. The Morgan fingerprint density at radius 2 is 1.77 bits per heavy atom. The fraction of sp³-hybridized carbons (Fsp3) is 0. The minimum atomic E-state index is -0.576. The number of hydrogen-bond acceptors (Lipinski definition) is 3. The SMILES string of the molecule is N#C/C(=C/c1ccc(OC(=O)/C=C/c2ccc(Cl)cc2Cl)cc1)c1ccccc1F. The molecule has 0 radical (unpaired) electrons. The first kappa shape index (κ1) is 21.3. The maximum absolute atomic E-state index is 13.9. The molecule has 0 bridgehead atoms. The van der Waals surface area contributed by atoms with E-state index in [0.29, 0.717) is 26.9 Å². The molecule has 0 fully saturated rings. The predicted molar refractivity (Wildman–Crippen MR) is 117 cm³/mol. The van der Waals surface area contributed by atoms with Crippen LogP contribution in [0.1, 0.15) is 16.7 Å². The molecular weight excluding hydrogens is 424 g/mol. The first-order chi connectivity index (χ1) is 14.5. The molecule has 3 aromatic rings. The summed E-state index contributed by atoms with van der Waals surface area (Å²) in [6, 6.07) is 19.5. The number of carbonyl (C=O) groups is 1. The second kappa shape index (κ2) is 9.89. The van der Waals surface area contributed by atoms with Crippen molar-refractivity contribution >= 4 is 46.9 Å². The van der Waals surface area contributed by atoms with Gasteiger partial charge in [-0.15, -0.1) is 0 Å². The molecular formula is C24H14Cl2FNO2. The van der Waals surface area contributed by atoms with Crippen molar-refractivity contribution in [3.8, 4) is 11.8 Å². The molecule has 6 heteroatoms. The lowest BCUT2D eigenvalue weighted by Gasteiger charge is -2.04. The third-order valence-corrected chi connectivity index (χ3v) is 4.62. The number of esters is 1. The summed E-state index contributed by atoms with van der Waals surface area (Å²) in [6.45, 7) is 0. The third-order valence-electron chi connectivity index (χ3n) is 4.06. The molecule has 0 aliphatic rings. The second-order valence-electron chi connectivity index (χ2n) is 6.14. The summed E-state index contributed by atoms with van der Waals surface area (Å²) < 4.78 is 19.2. The average Bonchev–Trinajstić information content (AvgIpc) is 2.73. The van der Waals surface area contributed by atoms with E-state index in [-0.39, 0.29) is 11.1 Å². The van der Waals surface area contributed by atoms with E-state index < -0.39 is 11.8 Å². The number of benzene rings is 3. The summed E-state index contributed by atoms with van der Waals surface area (Å²) in [7, 11) is 0. The van der Waals surface area contributed by atoms with E-state index in [4.69, 9.17) is 27.9 Å². The van der Waals surface area contributed by atoms with Gasteiger partial charge in [-0.3, -0.25) is 0 Å². The Morgan fingerprint density at radius 1 is 1.03 bits per heavy atom. The molecule has 30 heavy (non-hydrogen) atoms. The minimum absolute atomic E-state index is 0.195. The monoisotopic (exact) mass is 437 g/mol. The van der Waals surface area contributed by atoms with Crippen LogP contribution in [0.5, 0.6) is 5.75 Å². The normalized spacial score (nSPS) is 11.3. The van der Waals surface area contributed by atoms with Gasteiger partial charge in [0.25, 0.3) is 0 Å². The molecule has 3 nitrogen and oxygen atoms in total. The summed E-state index contributed by atoms with van der Waals surface area (Å²) in [5.41, 5.74) is 1.72. The van der Waals surface area contributed by atoms with E-state index in [1.54, 1.807) is 66.7 Å². The number of rotatable bonds is 5. The van der Waals surface area contributed by atoms with Crippen molar-refractivity contribution in [2.24, 2.45) is 0 Å². The van der Waals surface area contributed by atoms with Crippen LogP contribution >= 0.6 is 23.2 Å². The quantitative estimate of drug-likeness (QED) is 0.145. The maximum Gasteiger partial charge on any atom is 0.336 e. The highest BCUT2D eigenvalue weighted by Gasteiger charge is 2.07. The van der Waals surface area contributed by atoms with Crippen LogP contribution in [-0.4, -0.2) is 5.97 Å². The van der Waals surface area contributed by atoms with E-state index in [1.807, 2.05) is 6.07 Å². The van der Waals surface area contributed by atoms with Crippen molar-refractivity contribution < 1.29 is 13.9 Å². The third kappa shape index (κ3) is 5.57. The summed E-state index contributed by atoms with van der Waals surface area (Å²) in [6.07, 6.45) is 4.35. The second-order valence-corrected chi connectivity index (χ2v) is 6.98. The predicted octanol–water partition coefficient (Wildman–Crippen LogP) is 6.82. The Bertz CT molecular complexity index is 1180. The molecule has 0 saturated carbocycles. The van der Waals surface area contributed by atoms with Crippen molar-refractivity contribution in [1.82, 2.24) is 0 Å². The van der Waals surface area contributed by atoms with Crippen molar-refractivity contribution in [3.05, 3.63) is 105 Å². The molecule has 0 amide bonds. The van der Waals surface area contributed by atoms with Gasteiger partial charge in [0, 0.05) is 21.7 Å². The van der Waals surface area contributed by atoms with Crippen LogP contribution in [0, 0.1) is 17.1 Å². The fourth-order valence-corrected chi connectivity index (χ4v) is 3.06. The van der Waals surface area contributed by atoms with Crippen LogP contribution in [-0.2, 0) is 4.79 Å². The zero-order valence-corrected chi connectivity index (χ0v) is 17.0. The van der Waals surface area contributed by atoms with E-state index in [1.165, 1.54) is 18.2 Å². The fourth-order valence-electron chi connectivity index (χ4n) is 2.59. The molecule has 3 aromatic carbocycles. The van der Waals surface area contributed by atoms with Gasteiger partial charge in [-0.2, -0.15) is 5.26 Å². The van der Waals surface area contributed by atoms with Gasteiger partial charge in [0.15, 0.2) is 0 Å². The standard InChI is InChI=1S/C24H14Cl2FNO2/c25-19-9-7-17(22(26)14-19)8-12-24(29)30-20-10-5-16(6-11-20)13-18(15-28)21-3-1-2-4-23(21)27/h1-14H/b12-8+,18-13-. The molecule has 0 N–H and O–H groups in total. The first-order valence-electron chi connectivity index (χ1n) is 8.78. The number of halogens is 3. The van der Waals surface area contributed by atoms with E-state index >= 15 is 0 Å². The number of ether oxygens (including phenoxy) is 1. The first-order valence-corrected chi connectivity index (χ1v) is 9.53. The zero-order valence-electron chi connectivity index (χ0n) is 15.5. The molecule has 0 unspecified atom stereocenters. The molecule has 0 aromatic heterocycles. The Balaban J connectivity index is 1.69. The number of nitriles is 1. The highest BCUT2D eigenvalue weighted by atomic mass is 35.5. The van der Waals surface area contributed by atoms with Crippen LogP contribution in [0.2, 0.25) is 10.0 Å². The Hall–Kier alpha value is -3.39. The van der Waals surface area contributed by atoms with Crippen LogP contribution in [0.15, 0.2) is 72.8 Å². The topological polar surface area (TPSA) is 50.1 Å². The molecule has 0 aliphatic carbocycles. The highest BCUT2D eigenvalue weighted by molar-refractivity contribution is 6.35. The van der Waals surface area contributed by atoms with Gasteiger partial charge in [-0.25, -0.2) is 9.18 Å². The highest BCUT2D eigenvalue weighted by Crippen LogP contribution is 2.23. The zero-order chi connectivity index (χ0) is 21.5. The molecule has 0 aliphatic heterocycles. The van der Waals surface area contributed by atoms with E-state index in [9.17, 15) is 14.4 Å². The van der Waals surface area contributed by atoms with Crippen LogP contribution in [0.3, 0.4) is 0 Å². The van der Waals surface area contributed by atoms with Gasteiger partial charge in [-0.05, 0) is 53.6 Å². The largest absolute Gasteiger partial charge is 0.423 e. The summed E-state index contributed by atoms with van der Waals surface area (Å²) in [4.78, 5) is 12.0. The minimum Gasteiger partial charge on any atom is -0.423 e. The molecule has 148 valence electrons. The summed E-state index contributed by atoms with van der Waals surface area (Å²) >= 11 is 11.9. The van der Waals surface area contributed by atoms with Gasteiger partial charge < -0.3 is 4.74 Å². The van der Waals surface area contributed by atoms with Crippen molar-refractivity contribution in [3.63, 3.8) is 0 Å². The summed E-state index contributed by atoms with van der Waals surface area (Å²) in [5.74, 6) is -0.717. The van der Waals surface area contributed by atoms with E-state index in [0.717, 1.165) is 0 Å². The number of hydrogen-bond donors (Lipinski definition) is 0. The maximum atomic E-state index is 13.9. The van der Waals surface area contributed by atoms with Gasteiger partial charge in [0.2, 0.25) is 0 Å². The molecule has 0 heterocycles. The van der Waals surface area contributed by atoms with Crippen LogP contribution in [0.25, 0.3) is 17.7 Å². The lowest BCUT2D eigenvalue weighted by molar-refractivity contribution is -0.128. The van der Waals surface area contributed by atoms with Crippen molar-refractivity contribution in [2.45, 2.75) is 0 Å². The van der Waals surface area contributed by atoms with Crippen molar-refractivity contribution in [2.75, 3.05) is 0 Å². The van der Waals surface area contributed by atoms with E-state index in [2.05, 4.69) is 0 Å². The van der Waals surface area contributed by atoms with Gasteiger partial charge in [0.05, 0.1) is 11.6 Å². The molecule has 0 atom stereocenters. The molecule has 0 saturated heterocycles. The number of allylic oxidation sites excluding steroid dienone is 1. The average molecular weight is 438 g/mol. The lowest BCUT2D eigenvalue weighted by atomic mass is 10.0. The number of carbonyl (C=O) groups excluding carboxylic acids is 1. The Morgan fingerprint density at radius 3 is 2.43 bits per heavy atom. The Kier molecular flexibility index (Phi) is 7.03. The van der Waals surface area contributed by atoms with Crippen molar-refractivity contribution in [1.29, 1.82) is 5.26 Å². The Labute approximate surface area is 183 Å². The molecule has 0 spiro atoms. The summed E-state index contributed by atoms with van der Waals surface area (Å²) in [5, 5.41) is 10.3. The molecule has 3 rings (SSSR count). The van der Waals surface area contributed by atoms with Crippen LogP contribution < -0.4 is 4.74 Å². The van der Waals surface area contributed by atoms with Gasteiger partial charge in [0.1, 0.15) is 11.6 Å². The smallest absolute Gasteiger partial charge is 0.336 e. The van der Waals surface area contributed by atoms with Gasteiger partial charge >= 0.3 is 5.97 Å².